The number of fused-ring (bicyclic) bond motifs is 1. The second kappa shape index (κ2) is 7.34. The van der Waals surface area contributed by atoms with Gasteiger partial charge in [0.15, 0.2) is 11.5 Å². The second-order valence-corrected chi connectivity index (χ2v) is 7.26. The molecule has 1 amide bonds. The number of carbonyl (C=O) groups excluding carboxylic acids is 1. The standard InChI is InChI=1S/C20H24N6O/c1-13-8-9-17(14(2)10-13)26-19-16(11-23-26)18(21-12-22-19)24-25-20(27)15-6-4-3-5-7-15/h8-12,15H,3-7H2,1-2H3,(H,25,27)(H,21,22,24). The van der Waals surface area contributed by atoms with Crippen LogP contribution >= 0.6 is 0 Å². The van der Waals surface area contributed by atoms with Gasteiger partial charge in [-0.3, -0.25) is 15.6 Å². The SMILES string of the molecule is Cc1ccc(-n2ncc3c(NNC(=O)C4CCCCC4)ncnc32)c(C)c1. The van der Waals surface area contributed by atoms with Crippen molar-refractivity contribution in [1.82, 2.24) is 25.2 Å². The van der Waals surface area contributed by atoms with E-state index in [1.165, 1.54) is 18.3 Å². The fraction of sp³-hybridized carbons (Fsp3) is 0.400. The summed E-state index contributed by atoms with van der Waals surface area (Å²) in [6.45, 7) is 4.12. The lowest BCUT2D eigenvalue weighted by Crippen LogP contribution is -2.36. The molecule has 1 aromatic carbocycles. The van der Waals surface area contributed by atoms with Crippen molar-refractivity contribution in [3.05, 3.63) is 41.9 Å². The van der Waals surface area contributed by atoms with Gasteiger partial charge in [-0.1, -0.05) is 37.0 Å². The summed E-state index contributed by atoms with van der Waals surface area (Å²) < 4.78 is 1.81. The summed E-state index contributed by atoms with van der Waals surface area (Å²) in [4.78, 5) is 21.0. The van der Waals surface area contributed by atoms with Crippen LogP contribution in [0.5, 0.6) is 0 Å². The van der Waals surface area contributed by atoms with E-state index in [9.17, 15) is 4.79 Å². The maximum absolute atomic E-state index is 12.4. The highest BCUT2D eigenvalue weighted by molar-refractivity contribution is 5.88. The van der Waals surface area contributed by atoms with Crippen LogP contribution in [-0.2, 0) is 4.79 Å². The van der Waals surface area contributed by atoms with Crippen molar-refractivity contribution in [3.63, 3.8) is 0 Å². The van der Waals surface area contributed by atoms with Gasteiger partial charge >= 0.3 is 0 Å². The normalized spacial score (nSPS) is 15.0. The van der Waals surface area contributed by atoms with Crippen molar-refractivity contribution in [2.24, 2.45) is 5.92 Å². The van der Waals surface area contributed by atoms with E-state index in [1.54, 1.807) is 10.9 Å². The van der Waals surface area contributed by atoms with E-state index in [0.717, 1.165) is 42.3 Å². The van der Waals surface area contributed by atoms with Crippen LogP contribution in [0.1, 0.15) is 43.2 Å². The zero-order valence-electron chi connectivity index (χ0n) is 15.7. The van der Waals surface area contributed by atoms with Gasteiger partial charge in [-0.2, -0.15) is 5.10 Å². The van der Waals surface area contributed by atoms with E-state index in [-0.39, 0.29) is 11.8 Å². The van der Waals surface area contributed by atoms with Gasteiger partial charge in [0, 0.05) is 5.92 Å². The van der Waals surface area contributed by atoms with Gasteiger partial charge in [0.1, 0.15) is 6.33 Å². The van der Waals surface area contributed by atoms with Crippen LogP contribution in [-0.4, -0.2) is 25.7 Å². The molecular weight excluding hydrogens is 340 g/mol. The average molecular weight is 364 g/mol. The zero-order valence-corrected chi connectivity index (χ0v) is 15.7. The molecule has 4 rings (SSSR count). The van der Waals surface area contributed by atoms with E-state index in [2.05, 4.69) is 51.9 Å². The van der Waals surface area contributed by atoms with Gasteiger partial charge in [-0.15, -0.1) is 0 Å². The Morgan fingerprint density at radius 2 is 1.96 bits per heavy atom. The predicted octanol–water partition coefficient (Wildman–Crippen LogP) is 3.46. The first-order valence-electron chi connectivity index (χ1n) is 9.46. The molecule has 0 radical (unpaired) electrons. The Morgan fingerprint density at radius 1 is 1.15 bits per heavy atom. The third kappa shape index (κ3) is 3.49. The van der Waals surface area contributed by atoms with Crippen LogP contribution in [0.3, 0.4) is 0 Å². The molecule has 0 atom stereocenters. The van der Waals surface area contributed by atoms with Crippen molar-refractivity contribution in [2.45, 2.75) is 46.0 Å². The van der Waals surface area contributed by atoms with Gasteiger partial charge in [0.25, 0.3) is 0 Å². The number of hydrogen-bond acceptors (Lipinski definition) is 5. The van der Waals surface area contributed by atoms with Crippen LogP contribution in [0.25, 0.3) is 16.7 Å². The number of aryl methyl sites for hydroxylation is 2. The highest BCUT2D eigenvalue weighted by Gasteiger charge is 2.21. The monoisotopic (exact) mass is 364 g/mol. The molecule has 1 saturated carbocycles. The van der Waals surface area contributed by atoms with Crippen LogP contribution in [0.4, 0.5) is 5.82 Å². The lowest BCUT2D eigenvalue weighted by atomic mass is 9.89. The molecule has 1 aliphatic rings. The van der Waals surface area contributed by atoms with Crippen LogP contribution < -0.4 is 10.9 Å². The quantitative estimate of drug-likeness (QED) is 0.693. The highest BCUT2D eigenvalue weighted by Crippen LogP contribution is 2.25. The number of aromatic nitrogens is 4. The number of amides is 1. The van der Waals surface area contributed by atoms with E-state index >= 15 is 0 Å². The molecule has 140 valence electrons. The molecular formula is C20H24N6O. The second-order valence-electron chi connectivity index (χ2n) is 7.26. The summed E-state index contributed by atoms with van der Waals surface area (Å²) in [5.41, 5.74) is 9.79. The number of nitrogens with one attached hydrogen (secondary N) is 2. The highest BCUT2D eigenvalue weighted by atomic mass is 16.2. The lowest BCUT2D eigenvalue weighted by molar-refractivity contribution is -0.125. The van der Waals surface area contributed by atoms with Crippen LogP contribution in [0.2, 0.25) is 0 Å². The first-order valence-corrected chi connectivity index (χ1v) is 9.46. The number of nitrogens with zero attached hydrogens (tertiary/aromatic N) is 4. The summed E-state index contributed by atoms with van der Waals surface area (Å²) in [7, 11) is 0. The first-order chi connectivity index (χ1) is 13.1. The Labute approximate surface area is 158 Å². The molecule has 2 aromatic heterocycles. The number of hydrogen-bond donors (Lipinski definition) is 2. The molecule has 2 heterocycles. The Morgan fingerprint density at radius 3 is 2.74 bits per heavy atom. The number of hydrazine groups is 1. The van der Waals surface area contributed by atoms with Crippen molar-refractivity contribution < 1.29 is 4.79 Å². The molecule has 0 aliphatic heterocycles. The Hall–Kier alpha value is -2.96. The van der Waals surface area contributed by atoms with Crippen molar-refractivity contribution in [2.75, 3.05) is 5.43 Å². The van der Waals surface area contributed by atoms with Gasteiger partial charge < -0.3 is 0 Å². The van der Waals surface area contributed by atoms with Gasteiger partial charge in [-0.05, 0) is 38.3 Å². The summed E-state index contributed by atoms with van der Waals surface area (Å²) >= 11 is 0. The maximum atomic E-state index is 12.4. The first kappa shape index (κ1) is 17.5. The molecule has 3 aromatic rings. The summed E-state index contributed by atoms with van der Waals surface area (Å²) in [6, 6.07) is 6.21. The molecule has 0 spiro atoms. The molecule has 0 bridgehead atoms. The Balaban J connectivity index is 1.58. The van der Waals surface area contributed by atoms with Gasteiger partial charge in [-0.25, -0.2) is 14.6 Å². The number of carbonyl (C=O) groups is 1. The summed E-state index contributed by atoms with van der Waals surface area (Å²) in [5, 5.41) is 5.26. The predicted molar refractivity (Wildman–Crippen MR) is 104 cm³/mol. The summed E-state index contributed by atoms with van der Waals surface area (Å²) in [5.74, 6) is 0.671. The van der Waals surface area contributed by atoms with E-state index in [0.29, 0.717) is 11.5 Å². The minimum Gasteiger partial charge on any atom is -0.281 e. The molecule has 27 heavy (non-hydrogen) atoms. The molecule has 7 nitrogen and oxygen atoms in total. The molecule has 1 fully saturated rings. The van der Waals surface area contributed by atoms with Gasteiger partial charge in [0.2, 0.25) is 5.91 Å². The largest absolute Gasteiger partial charge is 0.281 e. The third-order valence-electron chi connectivity index (χ3n) is 5.23. The van der Waals surface area contributed by atoms with E-state index < -0.39 is 0 Å². The Bertz CT molecular complexity index is 974. The van der Waals surface area contributed by atoms with Crippen molar-refractivity contribution in [3.8, 4) is 5.69 Å². The molecule has 7 heteroatoms. The molecule has 0 saturated heterocycles. The smallest absolute Gasteiger partial charge is 0.241 e. The van der Waals surface area contributed by atoms with E-state index in [4.69, 9.17) is 0 Å². The molecule has 2 N–H and O–H groups in total. The third-order valence-corrected chi connectivity index (χ3v) is 5.23. The maximum Gasteiger partial charge on any atom is 0.241 e. The van der Waals surface area contributed by atoms with Crippen molar-refractivity contribution in [1.29, 1.82) is 0 Å². The molecule has 1 aliphatic carbocycles. The fourth-order valence-corrected chi connectivity index (χ4v) is 3.75. The van der Waals surface area contributed by atoms with Crippen LogP contribution in [0, 0.1) is 19.8 Å². The minimum absolute atomic E-state index is 0.0308. The van der Waals surface area contributed by atoms with Gasteiger partial charge in [0.05, 0.1) is 17.3 Å². The van der Waals surface area contributed by atoms with E-state index in [1.807, 2.05) is 6.07 Å². The molecule has 0 unspecified atom stereocenters. The number of rotatable bonds is 4. The van der Waals surface area contributed by atoms with Crippen LogP contribution in [0.15, 0.2) is 30.7 Å². The zero-order chi connectivity index (χ0) is 18.8. The Kier molecular flexibility index (Phi) is 4.75. The topological polar surface area (TPSA) is 84.7 Å². The van der Waals surface area contributed by atoms with Crippen molar-refractivity contribution >= 4 is 22.8 Å². The lowest BCUT2D eigenvalue weighted by Gasteiger charge is -2.21. The number of anilines is 1. The average Bonchev–Trinajstić information content (AvgIpc) is 3.11. The minimum atomic E-state index is 0.0308. The number of benzene rings is 1. The summed E-state index contributed by atoms with van der Waals surface area (Å²) in [6.07, 6.45) is 8.59. The fourth-order valence-electron chi connectivity index (χ4n) is 3.75.